The van der Waals surface area contributed by atoms with Crippen molar-refractivity contribution in [3.63, 3.8) is 0 Å². The number of anilines is 2. The van der Waals surface area contributed by atoms with Crippen molar-refractivity contribution in [3.8, 4) is 5.82 Å². The molecule has 0 unspecified atom stereocenters. The van der Waals surface area contributed by atoms with Gasteiger partial charge in [0.05, 0.1) is 0 Å². The van der Waals surface area contributed by atoms with Gasteiger partial charge in [-0.05, 0) is 32.0 Å². The van der Waals surface area contributed by atoms with Gasteiger partial charge in [-0.1, -0.05) is 6.07 Å². The average Bonchev–Trinajstić information content (AvgIpc) is 3.08. The topological polar surface area (TPSA) is 63.0 Å². The molecule has 0 spiro atoms. The number of piperazine rings is 1. The normalized spacial score (nSPS) is 14.8. The number of aromatic nitrogens is 5. The molecular weight excluding hydrogens is 314 g/mol. The molecule has 25 heavy (non-hydrogen) atoms. The van der Waals surface area contributed by atoms with Crippen molar-refractivity contribution in [1.82, 2.24) is 24.5 Å². The van der Waals surface area contributed by atoms with Crippen LogP contribution in [0.5, 0.6) is 0 Å². The lowest BCUT2D eigenvalue weighted by Crippen LogP contribution is -2.47. The molecule has 0 bridgehead atoms. The van der Waals surface area contributed by atoms with E-state index in [1.54, 1.807) is 6.20 Å². The SMILES string of the molecule is Cc1nccc(N2CCN(c3cccc(-n4ccnc4C)n3)CC2)n1. The number of rotatable bonds is 3. The molecular formula is C18H21N7. The second-order valence-corrected chi connectivity index (χ2v) is 6.13. The Kier molecular flexibility index (Phi) is 4.05. The highest BCUT2D eigenvalue weighted by atomic mass is 15.3. The molecule has 3 aromatic heterocycles. The summed E-state index contributed by atoms with van der Waals surface area (Å²) in [5, 5.41) is 0. The molecule has 7 nitrogen and oxygen atoms in total. The number of hydrogen-bond acceptors (Lipinski definition) is 6. The van der Waals surface area contributed by atoms with Crippen LogP contribution < -0.4 is 9.80 Å². The summed E-state index contributed by atoms with van der Waals surface area (Å²) >= 11 is 0. The van der Waals surface area contributed by atoms with Gasteiger partial charge in [0, 0.05) is 44.8 Å². The van der Waals surface area contributed by atoms with Crippen LogP contribution >= 0.6 is 0 Å². The van der Waals surface area contributed by atoms with Crippen LogP contribution in [0.15, 0.2) is 42.9 Å². The molecule has 4 rings (SSSR count). The summed E-state index contributed by atoms with van der Waals surface area (Å²) in [7, 11) is 0. The third-order valence-electron chi connectivity index (χ3n) is 4.48. The van der Waals surface area contributed by atoms with E-state index in [-0.39, 0.29) is 0 Å². The van der Waals surface area contributed by atoms with Crippen molar-refractivity contribution in [2.24, 2.45) is 0 Å². The molecule has 0 N–H and O–H groups in total. The molecule has 3 aromatic rings. The molecule has 4 heterocycles. The molecule has 7 heteroatoms. The zero-order chi connectivity index (χ0) is 17.2. The van der Waals surface area contributed by atoms with Gasteiger partial charge >= 0.3 is 0 Å². The molecule has 1 saturated heterocycles. The molecule has 0 aliphatic carbocycles. The van der Waals surface area contributed by atoms with Gasteiger partial charge in [0.2, 0.25) is 0 Å². The minimum Gasteiger partial charge on any atom is -0.353 e. The lowest BCUT2D eigenvalue weighted by Gasteiger charge is -2.36. The molecule has 0 aromatic carbocycles. The predicted octanol–water partition coefficient (Wildman–Crippen LogP) is 2.00. The first-order valence-electron chi connectivity index (χ1n) is 8.47. The van der Waals surface area contributed by atoms with E-state index in [1.807, 2.05) is 42.9 Å². The molecule has 1 fully saturated rings. The van der Waals surface area contributed by atoms with Gasteiger partial charge in [-0.15, -0.1) is 0 Å². The van der Waals surface area contributed by atoms with Crippen molar-refractivity contribution in [1.29, 1.82) is 0 Å². The Morgan fingerprint density at radius 2 is 1.44 bits per heavy atom. The zero-order valence-corrected chi connectivity index (χ0v) is 14.5. The van der Waals surface area contributed by atoms with E-state index < -0.39 is 0 Å². The van der Waals surface area contributed by atoms with Gasteiger partial charge in [-0.2, -0.15) is 0 Å². The van der Waals surface area contributed by atoms with E-state index in [0.717, 1.165) is 55.3 Å². The monoisotopic (exact) mass is 335 g/mol. The average molecular weight is 335 g/mol. The van der Waals surface area contributed by atoms with Crippen LogP contribution in [0.25, 0.3) is 5.82 Å². The Morgan fingerprint density at radius 1 is 0.760 bits per heavy atom. The van der Waals surface area contributed by atoms with Crippen molar-refractivity contribution in [2.75, 3.05) is 36.0 Å². The van der Waals surface area contributed by atoms with Crippen LogP contribution in [0.2, 0.25) is 0 Å². The van der Waals surface area contributed by atoms with Crippen molar-refractivity contribution >= 4 is 11.6 Å². The Labute approximate surface area is 147 Å². The maximum Gasteiger partial charge on any atom is 0.140 e. The van der Waals surface area contributed by atoms with E-state index in [4.69, 9.17) is 4.98 Å². The largest absolute Gasteiger partial charge is 0.353 e. The molecule has 0 saturated carbocycles. The van der Waals surface area contributed by atoms with Gasteiger partial charge < -0.3 is 9.80 Å². The summed E-state index contributed by atoms with van der Waals surface area (Å²) in [5.74, 6) is 4.66. The second-order valence-electron chi connectivity index (χ2n) is 6.13. The summed E-state index contributed by atoms with van der Waals surface area (Å²) in [6.07, 6.45) is 5.56. The van der Waals surface area contributed by atoms with Gasteiger partial charge in [-0.25, -0.2) is 19.9 Å². The smallest absolute Gasteiger partial charge is 0.140 e. The summed E-state index contributed by atoms with van der Waals surface area (Å²) in [5.41, 5.74) is 0. The third-order valence-corrected chi connectivity index (χ3v) is 4.48. The number of nitrogens with zero attached hydrogens (tertiary/aromatic N) is 7. The summed E-state index contributed by atoms with van der Waals surface area (Å²) < 4.78 is 2.00. The van der Waals surface area contributed by atoms with Gasteiger partial charge in [0.1, 0.15) is 29.1 Å². The van der Waals surface area contributed by atoms with Crippen LogP contribution in [0.4, 0.5) is 11.6 Å². The lowest BCUT2D eigenvalue weighted by molar-refractivity contribution is 0.639. The molecule has 0 amide bonds. The highest BCUT2D eigenvalue weighted by Crippen LogP contribution is 2.19. The Bertz CT molecular complexity index is 865. The van der Waals surface area contributed by atoms with E-state index in [9.17, 15) is 0 Å². The molecule has 0 radical (unpaired) electrons. The lowest BCUT2D eigenvalue weighted by atomic mass is 10.3. The highest BCUT2D eigenvalue weighted by molar-refractivity contribution is 5.46. The minimum atomic E-state index is 0.810. The van der Waals surface area contributed by atoms with Crippen LogP contribution in [-0.4, -0.2) is 50.7 Å². The first-order valence-corrected chi connectivity index (χ1v) is 8.47. The van der Waals surface area contributed by atoms with Crippen molar-refractivity contribution < 1.29 is 0 Å². The molecule has 1 aliphatic rings. The number of pyridine rings is 1. The number of aryl methyl sites for hydroxylation is 2. The fourth-order valence-corrected chi connectivity index (χ4v) is 3.13. The standard InChI is InChI=1S/C18H21N7/c1-14-19-7-6-17(21-14)24-12-10-23(11-13-24)16-4-3-5-18(22-16)25-9-8-20-15(25)2/h3-9H,10-13H2,1-2H3. The van der Waals surface area contributed by atoms with Gasteiger partial charge in [-0.3, -0.25) is 4.57 Å². The first kappa shape index (κ1) is 15.6. The van der Waals surface area contributed by atoms with Crippen LogP contribution in [0.3, 0.4) is 0 Å². The summed E-state index contributed by atoms with van der Waals surface area (Å²) in [4.78, 5) is 22.4. The Balaban J connectivity index is 1.49. The van der Waals surface area contributed by atoms with Crippen LogP contribution in [-0.2, 0) is 0 Å². The maximum atomic E-state index is 4.82. The van der Waals surface area contributed by atoms with E-state index >= 15 is 0 Å². The second kappa shape index (κ2) is 6.51. The van der Waals surface area contributed by atoms with Gasteiger partial charge in [0.25, 0.3) is 0 Å². The minimum absolute atomic E-state index is 0.810. The fraction of sp³-hybridized carbons (Fsp3) is 0.333. The molecule has 0 atom stereocenters. The maximum absolute atomic E-state index is 4.82. The van der Waals surface area contributed by atoms with Gasteiger partial charge in [0.15, 0.2) is 0 Å². The quantitative estimate of drug-likeness (QED) is 0.729. The predicted molar refractivity (Wildman–Crippen MR) is 97.3 cm³/mol. The van der Waals surface area contributed by atoms with Crippen molar-refractivity contribution in [3.05, 3.63) is 54.5 Å². The Hall–Kier alpha value is -2.96. The van der Waals surface area contributed by atoms with Crippen LogP contribution in [0, 0.1) is 13.8 Å². The van der Waals surface area contributed by atoms with E-state index in [2.05, 4.69) is 36.9 Å². The molecule has 128 valence electrons. The zero-order valence-electron chi connectivity index (χ0n) is 14.5. The molecule has 1 aliphatic heterocycles. The first-order chi connectivity index (χ1) is 12.2. The fourth-order valence-electron chi connectivity index (χ4n) is 3.13. The Morgan fingerprint density at radius 3 is 2.08 bits per heavy atom. The highest BCUT2D eigenvalue weighted by Gasteiger charge is 2.19. The van der Waals surface area contributed by atoms with Crippen molar-refractivity contribution in [2.45, 2.75) is 13.8 Å². The van der Waals surface area contributed by atoms with E-state index in [0.29, 0.717) is 0 Å². The third kappa shape index (κ3) is 3.17. The number of imidazole rings is 1. The summed E-state index contributed by atoms with van der Waals surface area (Å²) in [6, 6.07) is 8.11. The summed E-state index contributed by atoms with van der Waals surface area (Å²) in [6.45, 7) is 7.59. The van der Waals surface area contributed by atoms with E-state index in [1.165, 1.54) is 0 Å². The number of hydrogen-bond donors (Lipinski definition) is 0. The van der Waals surface area contributed by atoms with Crippen LogP contribution in [0.1, 0.15) is 11.6 Å².